The number of nitrogens with one attached hydrogen (secondary N) is 3. The molecule has 0 aliphatic heterocycles. The Morgan fingerprint density at radius 1 is 1.26 bits per heavy atom. The summed E-state index contributed by atoms with van der Waals surface area (Å²) in [5.74, 6) is 0.161. The van der Waals surface area contributed by atoms with Gasteiger partial charge in [0.15, 0.2) is 0 Å². The van der Waals surface area contributed by atoms with Gasteiger partial charge in [-0.25, -0.2) is 4.98 Å². The first kappa shape index (κ1) is 20.4. The summed E-state index contributed by atoms with van der Waals surface area (Å²) in [6.45, 7) is 2.06. The normalized spacial score (nSPS) is 11.9. The number of carbonyl (C=O) groups is 1. The molecule has 0 saturated heterocycles. The molecule has 1 aromatic carbocycles. The van der Waals surface area contributed by atoms with Gasteiger partial charge in [-0.1, -0.05) is 17.7 Å². The molecule has 9 nitrogen and oxygen atoms in total. The van der Waals surface area contributed by atoms with E-state index in [0.717, 1.165) is 11.1 Å². The second-order valence-electron chi connectivity index (χ2n) is 6.91. The smallest absolute Gasteiger partial charge is 0.266 e. The third kappa shape index (κ3) is 4.51. The maximum Gasteiger partial charge on any atom is 0.266 e. The number of amides is 1. The standard InChI is InChI=1S/C21H19ClN6O3/c1-11(26-21-25-9-17(28-21)19(23)29)14-6-12-7-15(22)18(8-16(12)27-20(14)30)31-10-13-4-2-3-5-24-13/h2-9,11H,10H2,1H3,(H2,23,29)(H,27,30)(H2,25,26,28)/t11-/m0/s1. The van der Waals surface area contributed by atoms with Crippen molar-refractivity contribution < 1.29 is 9.53 Å². The van der Waals surface area contributed by atoms with Crippen molar-refractivity contribution in [3.63, 3.8) is 0 Å². The number of aromatic amines is 2. The molecule has 0 fully saturated rings. The van der Waals surface area contributed by atoms with Crippen molar-refractivity contribution in [2.45, 2.75) is 19.6 Å². The van der Waals surface area contributed by atoms with Gasteiger partial charge in [0.1, 0.15) is 18.1 Å². The van der Waals surface area contributed by atoms with Gasteiger partial charge in [-0.15, -0.1) is 0 Å². The highest BCUT2D eigenvalue weighted by Gasteiger charge is 2.15. The summed E-state index contributed by atoms with van der Waals surface area (Å²) in [5.41, 5.74) is 6.95. The number of nitrogens with two attached hydrogens (primary N) is 1. The number of carbonyl (C=O) groups excluding carboxylic acids is 1. The Labute approximate surface area is 181 Å². The molecule has 10 heteroatoms. The van der Waals surface area contributed by atoms with E-state index in [2.05, 4.69) is 25.3 Å². The van der Waals surface area contributed by atoms with Crippen LogP contribution >= 0.6 is 11.6 Å². The molecule has 5 N–H and O–H groups in total. The minimum absolute atomic E-state index is 0.173. The van der Waals surface area contributed by atoms with Crippen LogP contribution in [0.1, 0.15) is 34.7 Å². The van der Waals surface area contributed by atoms with E-state index in [1.165, 1.54) is 6.20 Å². The van der Waals surface area contributed by atoms with Crippen LogP contribution in [0, 0.1) is 0 Å². The summed E-state index contributed by atoms with van der Waals surface area (Å²) >= 11 is 6.39. The van der Waals surface area contributed by atoms with Crippen molar-refractivity contribution in [2.24, 2.45) is 5.73 Å². The molecule has 158 valence electrons. The number of primary amides is 1. The summed E-state index contributed by atoms with van der Waals surface area (Å²) in [7, 11) is 0. The van der Waals surface area contributed by atoms with Crippen molar-refractivity contribution in [1.29, 1.82) is 0 Å². The van der Waals surface area contributed by atoms with E-state index in [0.29, 0.717) is 27.8 Å². The Hall–Kier alpha value is -3.85. The molecule has 0 saturated carbocycles. The highest BCUT2D eigenvalue weighted by molar-refractivity contribution is 6.32. The molecule has 3 heterocycles. The maximum atomic E-state index is 12.7. The van der Waals surface area contributed by atoms with Crippen molar-refractivity contribution in [3.8, 4) is 5.75 Å². The van der Waals surface area contributed by atoms with Gasteiger partial charge < -0.3 is 25.8 Å². The number of hydrogen-bond acceptors (Lipinski definition) is 6. The molecule has 4 rings (SSSR count). The van der Waals surface area contributed by atoms with Gasteiger partial charge in [0.05, 0.1) is 28.5 Å². The first-order valence-corrected chi connectivity index (χ1v) is 9.79. The SMILES string of the molecule is C[C@H](Nc1ncc(C(N)=O)[nH]1)c1cc2cc(Cl)c(OCc3ccccn3)cc2[nH]c1=O. The zero-order valence-corrected chi connectivity index (χ0v) is 17.2. The van der Waals surface area contributed by atoms with Gasteiger partial charge in [-0.2, -0.15) is 0 Å². The number of benzene rings is 1. The molecule has 0 aliphatic rings. The highest BCUT2D eigenvalue weighted by atomic mass is 35.5. The third-order valence-electron chi connectivity index (χ3n) is 4.69. The van der Waals surface area contributed by atoms with Gasteiger partial charge >= 0.3 is 0 Å². The zero-order chi connectivity index (χ0) is 22.0. The minimum atomic E-state index is -0.618. The fraction of sp³-hybridized carbons (Fsp3) is 0.143. The van der Waals surface area contributed by atoms with Crippen LogP contribution < -0.4 is 21.3 Å². The molecule has 0 spiro atoms. The largest absolute Gasteiger partial charge is 0.486 e. The van der Waals surface area contributed by atoms with E-state index < -0.39 is 11.9 Å². The molecule has 31 heavy (non-hydrogen) atoms. The van der Waals surface area contributed by atoms with Crippen molar-refractivity contribution >= 4 is 34.4 Å². The summed E-state index contributed by atoms with van der Waals surface area (Å²) in [5, 5.41) is 4.21. The second-order valence-corrected chi connectivity index (χ2v) is 7.32. The second kappa shape index (κ2) is 8.49. The van der Waals surface area contributed by atoms with Crippen LogP contribution in [0.15, 0.2) is 53.6 Å². The number of hydrogen-bond donors (Lipinski definition) is 4. The van der Waals surface area contributed by atoms with Crippen LogP contribution in [0.5, 0.6) is 5.75 Å². The molecule has 0 radical (unpaired) electrons. The van der Waals surface area contributed by atoms with Crippen LogP contribution in [0.4, 0.5) is 5.95 Å². The van der Waals surface area contributed by atoms with Crippen LogP contribution in [0.3, 0.4) is 0 Å². The Morgan fingerprint density at radius 2 is 2.10 bits per heavy atom. The zero-order valence-electron chi connectivity index (χ0n) is 16.5. The quantitative estimate of drug-likeness (QED) is 0.349. The van der Waals surface area contributed by atoms with Crippen LogP contribution in [0.25, 0.3) is 10.9 Å². The highest BCUT2D eigenvalue weighted by Crippen LogP contribution is 2.30. The molecule has 0 aliphatic carbocycles. The average Bonchev–Trinajstić information content (AvgIpc) is 3.21. The number of aromatic nitrogens is 4. The minimum Gasteiger partial charge on any atom is -0.486 e. The van der Waals surface area contributed by atoms with Crippen molar-refractivity contribution in [2.75, 3.05) is 5.32 Å². The Morgan fingerprint density at radius 3 is 2.81 bits per heavy atom. The number of rotatable bonds is 7. The molecular formula is C21H19ClN6O3. The Kier molecular flexibility index (Phi) is 5.59. The molecule has 1 amide bonds. The summed E-state index contributed by atoms with van der Waals surface area (Å²) in [6.07, 6.45) is 3.01. The number of fused-ring (bicyclic) bond motifs is 1. The van der Waals surface area contributed by atoms with Gasteiger partial charge in [-0.3, -0.25) is 14.6 Å². The first-order chi connectivity index (χ1) is 14.9. The maximum absolute atomic E-state index is 12.7. The lowest BCUT2D eigenvalue weighted by molar-refractivity contribution is 0.0996. The number of pyridine rings is 2. The van der Waals surface area contributed by atoms with Crippen molar-refractivity contribution in [3.05, 3.63) is 81.1 Å². The van der Waals surface area contributed by atoms with Gasteiger partial charge in [-0.05, 0) is 31.2 Å². The lowest BCUT2D eigenvalue weighted by Crippen LogP contribution is -2.20. The number of halogens is 1. The number of H-pyrrole nitrogens is 2. The molecule has 4 aromatic rings. The third-order valence-corrected chi connectivity index (χ3v) is 4.98. The Balaban J connectivity index is 1.57. The topological polar surface area (TPSA) is 139 Å². The number of nitrogens with zero attached hydrogens (tertiary/aromatic N) is 2. The first-order valence-electron chi connectivity index (χ1n) is 9.41. The summed E-state index contributed by atoms with van der Waals surface area (Å²) in [6, 6.07) is 10.3. The monoisotopic (exact) mass is 438 g/mol. The van der Waals surface area contributed by atoms with Crippen LogP contribution in [-0.2, 0) is 6.61 Å². The van der Waals surface area contributed by atoms with Crippen molar-refractivity contribution in [1.82, 2.24) is 19.9 Å². The summed E-state index contributed by atoms with van der Waals surface area (Å²) < 4.78 is 5.77. The predicted molar refractivity (Wildman–Crippen MR) is 117 cm³/mol. The molecule has 0 bridgehead atoms. The van der Waals surface area contributed by atoms with Gasteiger partial charge in [0, 0.05) is 23.2 Å². The summed E-state index contributed by atoms with van der Waals surface area (Å²) in [4.78, 5) is 37.7. The molecule has 0 unspecified atom stereocenters. The van der Waals surface area contributed by atoms with Gasteiger partial charge in [0.25, 0.3) is 11.5 Å². The number of ether oxygens (including phenoxy) is 1. The predicted octanol–water partition coefficient (Wildman–Crippen LogP) is 3.15. The number of anilines is 1. The molecule has 1 atom stereocenters. The lowest BCUT2D eigenvalue weighted by Gasteiger charge is -2.14. The lowest BCUT2D eigenvalue weighted by atomic mass is 10.1. The molecular weight excluding hydrogens is 420 g/mol. The molecule has 3 aromatic heterocycles. The number of imidazole rings is 1. The average molecular weight is 439 g/mol. The van der Waals surface area contributed by atoms with E-state index in [1.54, 1.807) is 31.3 Å². The van der Waals surface area contributed by atoms with Crippen LogP contribution in [0.2, 0.25) is 5.02 Å². The van der Waals surface area contributed by atoms with Crippen LogP contribution in [-0.4, -0.2) is 25.8 Å². The van der Waals surface area contributed by atoms with E-state index in [1.807, 2.05) is 18.2 Å². The fourth-order valence-corrected chi connectivity index (χ4v) is 3.32. The van der Waals surface area contributed by atoms with E-state index in [4.69, 9.17) is 22.1 Å². The van der Waals surface area contributed by atoms with E-state index in [-0.39, 0.29) is 17.9 Å². The van der Waals surface area contributed by atoms with E-state index >= 15 is 0 Å². The van der Waals surface area contributed by atoms with E-state index in [9.17, 15) is 9.59 Å². The van der Waals surface area contributed by atoms with Gasteiger partial charge in [0.2, 0.25) is 5.95 Å². The fourth-order valence-electron chi connectivity index (χ4n) is 3.09. The Bertz CT molecular complexity index is 1300.